The van der Waals surface area contributed by atoms with E-state index in [-0.39, 0.29) is 0 Å². The van der Waals surface area contributed by atoms with Gasteiger partial charge < -0.3 is 0 Å². The Morgan fingerprint density at radius 3 is 2.70 bits per heavy atom. The van der Waals surface area contributed by atoms with Crippen molar-refractivity contribution in [1.29, 1.82) is 0 Å². The Morgan fingerprint density at radius 1 is 0.800 bits per heavy atom. The second-order valence-electron chi connectivity index (χ2n) is 5.72. The summed E-state index contributed by atoms with van der Waals surface area (Å²) in [5.41, 5.74) is 2.78. The van der Waals surface area contributed by atoms with E-state index in [1.165, 1.54) is 49.5 Å². The highest BCUT2D eigenvalue weighted by Gasteiger charge is 2.14. The third-order valence-electron chi connectivity index (χ3n) is 4.60. The molecule has 94 valence electrons. The molecule has 0 N–H and O–H groups in total. The monoisotopic (exact) mass is 254 g/mol. The largest absolute Gasteiger partial charge is 0.0763 e. The number of benzene rings is 3. The van der Waals surface area contributed by atoms with Crippen LogP contribution in [0.4, 0.5) is 0 Å². The van der Waals surface area contributed by atoms with E-state index in [2.05, 4.69) is 60.7 Å². The van der Waals surface area contributed by atoms with Crippen LogP contribution in [0, 0.1) is 0 Å². The fourth-order valence-corrected chi connectivity index (χ4v) is 3.71. The maximum Gasteiger partial charge on any atom is -0.00261 e. The highest BCUT2D eigenvalue weighted by molar-refractivity contribution is 6.14. The van der Waals surface area contributed by atoms with Gasteiger partial charge >= 0.3 is 0 Å². The van der Waals surface area contributed by atoms with Crippen LogP contribution in [0.15, 0.2) is 36.4 Å². The van der Waals surface area contributed by atoms with Crippen molar-refractivity contribution < 1.29 is 0 Å². The molecule has 0 aliphatic heterocycles. The summed E-state index contributed by atoms with van der Waals surface area (Å²) in [5, 5.41) is 8.42. The Labute approximate surface area is 117 Å². The number of hydrogen-bond acceptors (Lipinski definition) is 0. The molecule has 0 unspecified atom stereocenters. The van der Waals surface area contributed by atoms with Crippen LogP contribution in [0.25, 0.3) is 45.8 Å². The lowest BCUT2D eigenvalue weighted by atomic mass is 9.93. The van der Waals surface area contributed by atoms with Gasteiger partial charge in [-0.05, 0) is 68.1 Å². The Hall–Kier alpha value is -2.34. The van der Waals surface area contributed by atoms with Gasteiger partial charge in [-0.25, -0.2) is 0 Å². The van der Waals surface area contributed by atoms with Crippen LogP contribution in [-0.2, 0) is 0 Å². The van der Waals surface area contributed by atoms with E-state index in [4.69, 9.17) is 0 Å². The molecular formula is C20H14. The van der Waals surface area contributed by atoms with E-state index in [1.807, 2.05) is 0 Å². The minimum atomic E-state index is 1.16. The van der Waals surface area contributed by atoms with Crippen molar-refractivity contribution in [2.24, 2.45) is 0 Å². The zero-order valence-corrected chi connectivity index (χ0v) is 11.2. The van der Waals surface area contributed by atoms with Gasteiger partial charge in [0, 0.05) is 0 Å². The normalized spacial score (nSPS) is 15.2. The molecule has 0 heteroatoms. The summed E-state index contributed by atoms with van der Waals surface area (Å²) in [7, 11) is 0. The van der Waals surface area contributed by atoms with Gasteiger partial charge in [0.1, 0.15) is 0 Å². The van der Waals surface area contributed by atoms with Crippen molar-refractivity contribution in [3.05, 3.63) is 58.0 Å². The van der Waals surface area contributed by atoms with Gasteiger partial charge in [-0.15, -0.1) is 0 Å². The Morgan fingerprint density at radius 2 is 1.70 bits per heavy atom. The first-order valence-electron chi connectivity index (χ1n) is 7.29. The molecule has 3 aromatic rings. The molecule has 0 saturated carbocycles. The van der Waals surface area contributed by atoms with E-state index in [1.54, 1.807) is 0 Å². The van der Waals surface area contributed by atoms with Crippen molar-refractivity contribution in [2.45, 2.75) is 12.8 Å². The van der Waals surface area contributed by atoms with Crippen LogP contribution < -0.4 is 10.4 Å². The first-order chi connectivity index (χ1) is 9.92. The van der Waals surface area contributed by atoms with Gasteiger partial charge in [0.2, 0.25) is 0 Å². The lowest BCUT2D eigenvalue weighted by Crippen LogP contribution is -2.27. The van der Waals surface area contributed by atoms with Crippen molar-refractivity contribution in [3.63, 3.8) is 0 Å². The van der Waals surface area contributed by atoms with Crippen molar-refractivity contribution in [3.8, 4) is 0 Å². The Bertz CT molecular complexity index is 1030. The molecule has 0 aromatic heterocycles. The molecule has 3 aromatic carbocycles. The van der Waals surface area contributed by atoms with E-state index < -0.39 is 0 Å². The zero-order chi connectivity index (χ0) is 13.1. The van der Waals surface area contributed by atoms with Gasteiger partial charge in [-0.2, -0.15) is 0 Å². The molecule has 0 heterocycles. The molecule has 0 saturated heterocycles. The SMILES string of the molecule is C1=Cc2c3ccccc3cc3c4c(cc1c23)=CCCC=4. The summed E-state index contributed by atoms with van der Waals surface area (Å²) in [6.07, 6.45) is 11.7. The predicted molar refractivity (Wildman–Crippen MR) is 87.8 cm³/mol. The molecule has 0 bridgehead atoms. The standard InChI is InChI=1S/C20H14/c1-4-8-17-13(5-1)11-15-9-10-18-16-7-3-2-6-14(16)12-19(17)20(15)18/h2-3,5-12H,1,4H2. The first-order valence-corrected chi connectivity index (χ1v) is 7.29. The maximum absolute atomic E-state index is 2.41. The van der Waals surface area contributed by atoms with Crippen LogP contribution in [0.3, 0.4) is 0 Å². The summed E-state index contributed by atoms with van der Waals surface area (Å²) in [6, 6.07) is 13.5. The molecule has 0 amide bonds. The maximum atomic E-state index is 2.41. The van der Waals surface area contributed by atoms with Crippen molar-refractivity contribution in [2.75, 3.05) is 0 Å². The molecular weight excluding hydrogens is 240 g/mol. The van der Waals surface area contributed by atoms with E-state index in [0.717, 1.165) is 6.42 Å². The third kappa shape index (κ3) is 1.21. The lowest BCUT2D eigenvalue weighted by molar-refractivity contribution is 1.12. The minimum Gasteiger partial charge on any atom is -0.0763 e. The van der Waals surface area contributed by atoms with Crippen LogP contribution in [0.5, 0.6) is 0 Å². The smallest absolute Gasteiger partial charge is 0.00261 e. The van der Waals surface area contributed by atoms with Crippen molar-refractivity contribution >= 4 is 45.8 Å². The fraction of sp³-hybridized carbons (Fsp3) is 0.100. The van der Waals surface area contributed by atoms with Gasteiger partial charge in [0.05, 0.1) is 0 Å². The summed E-state index contributed by atoms with van der Waals surface area (Å²) >= 11 is 0. The third-order valence-corrected chi connectivity index (χ3v) is 4.60. The molecule has 20 heavy (non-hydrogen) atoms. The molecule has 0 radical (unpaired) electrons. The van der Waals surface area contributed by atoms with Crippen LogP contribution in [0.1, 0.15) is 24.0 Å². The highest BCUT2D eigenvalue weighted by Crippen LogP contribution is 2.34. The Balaban J connectivity index is 2.16. The number of rotatable bonds is 0. The van der Waals surface area contributed by atoms with Crippen molar-refractivity contribution in [1.82, 2.24) is 0 Å². The van der Waals surface area contributed by atoms with Crippen LogP contribution >= 0.6 is 0 Å². The Kier molecular flexibility index (Phi) is 1.88. The molecule has 0 spiro atoms. The zero-order valence-electron chi connectivity index (χ0n) is 11.2. The topological polar surface area (TPSA) is 0 Å². The first kappa shape index (κ1) is 10.4. The average Bonchev–Trinajstić information content (AvgIpc) is 2.92. The second-order valence-corrected chi connectivity index (χ2v) is 5.72. The molecule has 5 rings (SSSR count). The summed E-state index contributed by atoms with van der Waals surface area (Å²) in [5.74, 6) is 0. The van der Waals surface area contributed by atoms with E-state index in [0.29, 0.717) is 0 Å². The van der Waals surface area contributed by atoms with E-state index >= 15 is 0 Å². The number of fused-ring (bicyclic) bond motifs is 4. The molecule has 0 atom stereocenters. The van der Waals surface area contributed by atoms with Gasteiger partial charge in [0.15, 0.2) is 0 Å². The quantitative estimate of drug-likeness (QED) is 0.418. The minimum absolute atomic E-state index is 1.16. The highest BCUT2D eigenvalue weighted by atomic mass is 14.2. The summed E-state index contributed by atoms with van der Waals surface area (Å²) in [6.45, 7) is 0. The summed E-state index contributed by atoms with van der Waals surface area (Å²) < 4.78 is 0. The average molecular weight is 254 g/mol. The molecule has 0 nitrogen and oxygen atoms in total. The van der Waals surface area contributed by atoms with Crippen LogP contribution in [-0.4, -0.2) is 0 Å². The van der Waals surface area contributed by atoms with Gasteiger partial charge in [0.25, 0.3) is 0 Å². The number of hydrogen-bond donors (Lipinski definition) is 0. The van der Waals surface area contributed by atoms with E-state index in [9.17, 15) is 0 Å². The fourth-order valence-electron chi connectivity index (χ4n) is 3.71. The predicted octanol–water partition coefficient (Wildman–Crippen LogP) is 3.83. The second kappa shape index (κ2) is 3.61. The van der Waals surface area contributed by atoms with Crippen LogP contribution in [0.2, 0.25) is 0 Å². The van der Waals surface area contributed by atoms with Gasteiger partial charge in [-0.1, -0.05) is 48.6 Å². The molecule has 2 aliphatic rings. The van der Waals surface area contributed by atoms with Gasteiger partial charge in [-0.3, -0.25) is 0 Å². The summed E-state index contributed by atoms with van der Waals surface area (Å²) in [4.78, 5) is 0. The lowest BCUT2D eigenvalue weighted by Gasteiger charge is -2.10. The molecule has 0 fully saturated rings. The molecule has 2 aliphatic carbocycles.